The lowest BCUT2D eigenvalue weighted by Crippen LogP contribution is -2.14. The first-order chi connectivity index (χ1) is 11.4. The normalized spacial score (nSPS) is 11.0. The molecule has 0 aliphatic rings. The van der Waals surface area contributed by atoms with E-state index in [1.165, 1.54) is 28.8 Å². The summed E-state index contributed by atoms with van der Waals surface area (Å²) in [5, 5.41) is 10.2. The van der Waals surface area contributed by atoms with Crippen LogP contribution in [0, 0.1) is 12.7 Å². The largest absolute Gasteiger partial charge is 0.508 e. The molecule has 4 nitrogen and oxygen atoms in total. The molecule has 0 saturated carbocycles. The van der Waals surface area contributed by atoms with Crippen LogP contribution in [0.1, 0.15) is 21.6 Å². The average Bonchev–Trinajstić information content (AvgIpc) is 2.82. The van der Waals surface area contributed by atoms with Crippen molar-refractivity contribution in [1.82, 2.24) is 4.57 Å². The fourth-order valence-electron chi connectivity index (χ4n) is 2.83. The van der Waals surface area contributed by atoms with Crippen LogP contribution in [-0.4, -0.2) is 21.9 Å². The molecule has 1 N–H and O–H groups in total. The van der Waals surface area contributed by atoms with Crippen LogP contribution in [-0.2, 0) is 11.2 Å². The first-order valence-corrected chi connectivity index (χ1v) is 7.58. The quantitative estimate of drug-likeness (QED) is 0.733. The third kappa shape index (κ3) is 2.57. The lowest BCUT2D eigenvalue weighted by molar-refractivity contribution is -0.107. The number of aromatic hydroxyl groups is 1. The third-order valence-electron chi connectivity index (χ3n) is 3.98. The van der Waals surface area contributed by atoms with E-state index in [2.05, 4.69) is 0 Å². The van der Waals surface area contributed by atoms with Crippen molar-refractivity contribution in [3.05, 3.63) is 64.1 Å². The Morgan fingerprint density at radius 2 is 2.04 bits per heavy atom. The van der Waals surface area contributed by atoms with Crippen molar-refractivity contribution in [1.29, 1.82) is 0 Å². The van der Waals surface area contributed by atoms with Gasteiger partial charge < -0.3 is 9.90 Å². The molecule has 0 saturated heterocycles. The summed E-state index contributed by atoms with van der Waals surface area (Å²) >= 11 is 5.66. The van der Waals surface area contributed by atoms with E-state index in [9.17, 15) is 19.1 Å². The van der Waals surface area contributed by atoms with Crippen LogP contribution in [0.5, 0.6) is 5.75 Å². The summed E-state index contributed by atoms with van der Waals surface area (Å²) in [6.45, 7) is 1.71. The molecule has 24 heavy (non-hydrogen) atoms. The van der Waals surface area contributed by atoms with Crippen LogP contribution < -0.4 is 0 Å². The molecule has 122 valence electrons. The van der Waals surface area contributed by atoms with E-state index in [-0.39, 0.29) is 22.8 Å². The van der Waals surface area contributed by atoms with Gasteiger partial charge in [-0.2, -0.15) is 0 Å². The van der Waals surface area contributed by atoms with Gasteiger partial charge in [0.05, 0.1) is 10.5 Å². The number of aromatic nitrogens is 1. The number of nitrogens with zero attached hydrogens (tertiary/aromatic N) is 1. The second kappa shape index (κ2) is 6.09. The molecule has 1 heterocycles. The number of halogens is 2. The zero-order valence-electron chi connectivity index (χ0n) is 12.7. The number of fused-ring (bicyclic) bond motifs is 1. The van der Waals surface area contributed by atoms with Crippen LogP contribution in [0.15, 0.2) is 36.4 Å². The lowest BCUT2D eigenvalue weighted by atomic mass is 10.1. The van der Waals surface area contributed by atoms with Crippen LogP contribution in [0.4, 0.5) is 4.39 Å². The molecule has 0 aliphatic heterocycles. The summed E-state index contributed by atoms with van der Waals surface area (Å²) in [5.74, 6) is -1.07. The van der Waals surface area contributed by atoms with Gasteiger partial charge in [0, 0.05) is 23.1 Å². The molecule has 1 aromatic heterocycles. The van der Waals surface area contributed by atoms with Gasteiger partial charge in [-0.3, -0.25) is 9.36 Å². The average molecular weight is 346 g/mol. The monoisotopic (exact) mass is 345 g/mol. The van der Waals surface area contributed by atoms with E-state index >= 15 is 0 Å². The Morgan fingerprint density at radius 3 is 2.71 bits per heavy atom. The second-order valence-corrected chi connectivity index (χ2v) is 5.81. The van der Waals surface area contributed by atoms with Crippen LogP contribution >= 0.6 is 11.6 Å². The number of carbonyl (C=O) groups is 2. The third-order valence-corrected chi connectivity index (χ3v) is 4.28. The molecule has 0 bridgehead atoms. The van der Waals surface area contributed by atoms with Gasteiger partial charge in [0.2, 0.25) is 0 Å². The lowest BCUT2D eigenvalue weighted by Gasteiger charge is -2.08. The number of carbonyl (C=O) groups excluding carboxylic acids is 2. The minimum Gasteiger partial charge on any atom is -0.508 e. The molecule has 2 aromatic carbocycles. The molecule has 0 atom stereocenters. The van der Waals surface area contributed by atoms with Crippen molar-refractivity contribution < 1.29 is 19.1 Å². The van der Waals surface area contributed by atoms with Crippen molar-refractivity contribution in [2.45, 2.75) is 13.3 Å². The van der Waals surface area contributed by atoms with Gasteiger partial charge in [0.25, 0.3) is 5.91 Å². The van der Waals surface area contributed by atoms with Gasteiger partial charge in [-0.05, 0) is 48.9 Å². The van der Waals surface area contributed by atoms with Gasteiger partial charge in [-0.15, -0.1) is 0 Å². The SMILES string of the molecule is Cc1c(CC=O)c2cc(O)ccc2n1C(=O)c1ccc(Cl)c(F)c1. The fourth-order valence-corrected chi connectivity index (χ4v) is 2.95. The van der Waals surface area contributed by atoms with Crippen molar-refractivity contribution in [2.24, 2.45) is 0 Å². The van der Waals surface area contributed by atoms with E-state index in [1.54, 1.807) is 13.0 Å². The van der Waals surface area contributed by atoms with Crippen molar-refractivity contribution in [3.8, 4) is 5.75 Å². The highest BCUT2D eigenvalue weighted by Gasteiger charge is 2.20. The van der Waals surface area contributed by atoms with Crippen molar-refractivity contribution in [2.75, 3.05) is 0 Å². The topological polar surface area (TPSA) is 59.3 Å². The van der Waals surface area contributed by atoms with E-state index in [0.717, 1.165) is 12.4 Å². The number of rotatable bonds is 3. The number of benzene rings is 2. The molecular weight excluding hydrogens is 333 g/mol. The summed E-state index contributed by atoms with van der Waals surface area (Å²) in [4.78, 5) is 23.8. The van der Waals surface area contributed by atoms with Gasteiger partial charge in [0.15, 0.2) is 0 Å². The standard InChI is InChI=1S/C18H13ClFNO3/c1-10-13(6-7-22)14-9-12(23)3-5-17(14)21(10)18(24)11-2-4-15(19)16(20)8-11/h2-5,7-9,23H,6H2,1H3. The van der Waals surface area contributed by atoms with Crippen molar-refractivity contribution >= 4 is 34.7 Å². The summed E-state index contributed by atoms with van der Waals surface area (Å²) < 4.78 is 15.1. The first kappa shape index (κ1) is 16.2. The minimum absolute atomic E-state index is 0.0387. The smallest absolute Gasteiger partial charge is 0.262 e. The summed E-state index contributed by atoms with van der Waals surface area (Å²) in [6, 6.07) is 8.40. The molecule has 0 spiro atoms. The van der Waals surface area contributed by atoms with E-state index in [0.29, 0.717) is 22.2 Å². The molecule has 0 unspecified atom stereocenters. The zero-order chi connectivity index (χ0) is 17.4. The first-order valence-electron chi connectivity index (χ1n) is 7.20. The molecule has 6 heteroatoms. The maximum atomic E-state index is 13.7. The van der Waals surface area contributed by atoms with E-state index in [1.807, 2.05) is 0 Å². The van der Waals surface area contributed by atoms with E-state index < -0.39 is 11.7 Å². The number of hydrogen-bond acceptors (Lipinski definition) is 3. The van der Waals surface area contributed by atoms with Gasteiger partial charge in [-0.25, -0.2) is 4.39 Å². The number of aldehydes is 1. The summed E-state index contributed by atoms with van der Waals surface area (Å²) in [6.07, 6.45) is 0.851. The Kier molecular flexibility index (Phi) is 4.11. The maximum Gasteiger partial charge on any atom is 0.262 e. The highest BCUT2D eigenvalue weighted by atomic mass is 35.5. The van der Waals surface area contributed by atoms with E-state index in [4.69, 9.17) is 11.6 Å². The highest BCUT2D eigenvalue weighted by molar-refractivity contribution is 6.30. The Hall–Kier alpha value is -2.66. The zero-order valence-corrected chi connectivity index (χ0v) is 13.5. The van der Waals surface area contributed by atoms with Gasteiger partial charge in [0.1, 0.15) is 17.9 Å². The van der Waals surface area contributed by atoms with Gasteiger partial charge >= 0.3 is 0 Å². The molecule has 3 rings (SSSR count). The predicted molar refractivity (Wildman–Crippen MR) is 89.2 cm³/mol. The Labute approximate surface area is 142 Å². The van der Waals surface area contributed by atoms with Crippen molar-refractivity contribution in [3.63, 3.8) is 0 Å². The molecule has 0 radical (unpaired) electrons. The van der Waals surface area contributed by atoms with Crippen LogP contribution in [0.3, 0.4) is 0 Å². The van der Waals surface area contributed by atoms with Crippen LogP contribution in [0.2, 0.25) is 5.02 Å². The summed E-state index contributed by atoms with van der Waals surface area (Å²) in [7, 11) is 0. The Morgan fingerprint density at radius 1 is 1.29 bits per heavy atom. The predicted octanol–water partition coefficient (Wildman–Crippen LogP) is 3.88. The molecule has 3 aromatic rings. The second-order valence-electron chi connectivity index (χ2n) is 5.41. The Bertz CT molecular complexity index is 978. The molecular formula is C18H13ClFNO3. The maximum absolute atomic E-state index is 13.7. The Balaban J connectivity index is 2.25. The summed E-state index contributed by atoms with van der Waals surface area (Å²) in [5.41, 5.74) is 1.91. The van der Waals surface area contributed by atoms with Gasteiger partial charge in [-0.1, -0.05) is 11.6 Å². The fraction of sp³-hybridized carbons (Fsp3) is 0.111. The molecule has 0 aliphatic carbocycles. The van der Waals surface area contributed by atoms with Crippen LogP contribution in [0.25, 0.3) is 10.9 Å². The number of phenols is 1. The number of phenolic OH excluding ortho intramolecular Hbond substituents is 1. The highest BCUT2D eigenvalue weighted by Crippen LogP contribution is 2.30. The number of hydrogen-bond donors (Lipinski definition) is 1. The minimum atomic E-state index is -0.678. The molecule has 0 fully saturated rings. The molecule has 0 amide bonds.